The molecule has 0 unspecified atom stereocenters. The van der Waals surface area contributed by atoms with Crippen molar-refractivity contribution in [1.29, 1.82) is 0 Å². The summed E-state index contributed by atoms with van der Waals surface area (Å²) in [5.74, 6) is 0. The molecule has 100 valence electrons. The fourth-order valence-electron chi connectivity index (χ4n) is 2.21. The van der Waals surface area contributed by atoms with Gasteiger partial charge in [-0.15, -0.1) is 0 Å². The number of ether oxygens (including phenoxy) is 1. The number of hydrogen-bond donors (Lipinski definition) is 1. The average molecular weight is 255 g/mol. The molecule has 19 heavy (non-hydrogen) atoms. The van der Waals surface area contributed by atoms with Crippen LogP contribution < -0.4 is 5.32 Å². The van der Waals surface area contributed by atoms with Gasteiger partial charge in [0.05, 0.1) is 6.61 Å². The number of nitrogens with one attached hydrogen (secondary N) is 1. The highest BCUT2D eigenvalue weighted by molar-refractivity contribution is 5.52. The van der Waals surface area contributed by atoms with Crippen LogP contribution in [0.2, 0.25) is 0 Å². The Morgan fingerprint density at radius 1 is 1.00 bits per heavy atom. The predicted octanol–water partition coefficient (Wildman–Crippen LogP) is 4.06. The van der Waals surface area contributed by atoms with Crippen LogP contribution in [0.1, 0.15) is 22.3 Å². The summed E-state index contributed by atoms with van der Waals surface area (Å²) >= 11 is 0. The molecular formula is C17H21NO. The van der Waals surface area contributed by atoms with Crippen LogP contribution in [0.3, 0.4) is 0 Å². The van der Waals surface area contributed by atoms with Gasteiger partial charge in [-0.25, -0.2) is 0 Å². The Labute approximate surface area is 115 Å². The highest BCUT2D eigenvalue weighted by atomic mass is 16.5. The van der Waals surface area contributed by atoms with Gasteiger partial charge in [0.2, 0.25) is 0 Å². The Balaban J connectivity index is 2.03. The third-order valence-electron chi connectivity index (χ3n) is 3.17. The molecule has 0 saturated carbocycles. The van der Waals surface area contributed by atoms with Gasteiger partial charge in [-0.3, -0.25) is 0 Å². The number of aryl methyl sites for hydroxylation is 2. The molecule has 0 amide bonds. The Kier molecular flexibility index (Phi) is 4.58. The summed E-state index contributed by atoms with van der Waals surface area (Å²) in [6.45, 7) is 5.75. The van der Waals surface area contributed by atoms with Crippen LogP contribution >= 0.6 is 0 Å². The maximum Gasteiger partial charge on any atom is 0.0713 e. The Hall–Kier alpha value is -1.80. The fraction of sp³-hybridized carbons (Fsp3) is 0.294. The molecule has 2 rings (SSSR count). The molecule has 0 aliphatic carbocycles. The van der Waals surface area contributed by atoms with E-state index < -0.39 is 0 Å². The first-order valence-corrected chi connectivity index (χ1v) is 6.57. The molecule has 0 fully saturated rings. The van der Waals surface area contributed by atoms with E-state index in [4.69, 9.17) is 4.74 Å². The van der Waals surface area contributed by atoms with Crippen LogP contribution in [0.15, 0.2) is 42.5 Å². The van der Waals surface area contributed by atoms with Crippen LogP contribution in [-0.2, 0) is 17.9 Å². The second kappa shape index (κ2) is 6.39. The molecule has 2 nitrogen and oxygen atoms in total. The molecule has 2 heteroatoms. The van der Waals surface area contributed by atoms with E-state index >= 15 is 0 Å². The first kappa shape index (κ1) is 13.6. The first-order valence-electron chi connectivity index (χ1n) is 6.57. The Bertz CT molecular complexity index is 549. The molecule has 2 aromatic rings. The van der Waals surface area contributed by atoms with Gasteiger partial charge in [0.25, 0.3) is 0 Å². The van der Waals surface area contributed by atoms with Crippen molar-refractivity contribution in [3.05, 3.63) is 64.7 Å². The lowest BCUT2D eigenvalue weighted by atomic mass is 10.1. The smallest absolute Gasteiger partial charge is 0.0713 e. The summed E-state index contributed by atoms with van der Waals surface area (Å²) in [6.07, 6.45) is 0. The van der Waals surface area contributed by atoms with Crippen molar-refractivity contribution in [1.82, 2.24) is 0 Å². The quantitative estimate of drug-likeness (QED) is 0.870. The van der Waals surface area contributed by atoms with Gasteiger partial charge in [0.15, 0.2) is 0 Å². The molecule has 0 aromatic heterocycles. The van der Waals surface area contributed by atoms with Gasteiger partial charge < -0.3 is 10.1 Å². The largest absolute Gasteiger partial charge is 0.381 e. The van der Waals surface area contributed by atoms with Crippen molar-refractivity contribution < 1.29 is 4.74 Å². The van der Waals surface area contributed by atoms with Crippen LogP contribution in [0.25, 0.3) is 0 Å². The van der Waals surface area contributed by atoms with Crippen LogP contribution in [0, 0.1) is 13.8 Å². The minimum absolute atomic E-state index is 0.664. The molecule has 2 aromatic carbocycles. The van der Waals surface area contributed by atoms with E-state index in [1.54, 1.807) is 7.11 Å². The van der Waals surface area contributed by atoms with Crippen molar-refractivity contribution in [3.63, 3.8) is 0 Å². The summed E-state index contributed by atoms with van der Waals surface area (Å²) in [5, 5.41) is 3.48. The standard InChI is InChI=1S/C17H21NO/c1-13-7-8-17(14(2)9-13)18-11-15-5-4-6-16(10-15)12-19-3/h4-10,18H,11-12H2,1-3H3. The normalized spacial score (nSPS) is 10.5. The second-order valence-electron chi connectivity index (χ2n) is 4.92. The number of anilines is 1. The van der Waals surface area contributed by atoms with E-state index in [0.29, 0.717) is 6.61 Å². The molecular weight excluding hydrogens is 234 g/mol. The zero-order valence-corrected chi connectivity index (χ0v) is 11.9. The van der Waals surface area contributed by atoms with Crippen molar-refractivity contribution in [3.8, 4) is 0 Å². The summed E-state index contributed by atoms with van der Waals surface area (Å²) in [7, 11) is 1.72. The lowest BCUT2D eigenvalue weighted by Crippen LogP contribution is -2.02. The van der Waals surface area contributed by atoms with Crippen LogP contribution in [0.4, 0.5) is 5.69 Å². The van der Waals surface area contributed by atoms with Crippen molar-refractivity contribution in [2.75, 3.05) is 12.4 Å². The summed E-state index contributed by atoms with van der Waals surface area (Å²) in [5.41, 5.74) is 6.26. The molecule has 0 spiro atoms. The molecule has 1 N–H and O–H groups in total. The third-order valence-corrected chi connectivity index (χ3v) is 3.17. The first-order chi connectivity index (χ1) is 9.19. The van der Waals surface area contributed by atoms with Gasteiger partial charge in [0.1, 0.15) is 0 Å². The zero-order chi connectivity index (χ0) is 13.7. The summed E-state index contributed by atoms with van der Waals surface area (Å²) in [6, 6.07) is 15.0. The molecule has 0 bridgehead atoms. The molecule has 0 heterocycles. The van der Waals surface area contributed by atoms with E-state index in [1.807, 2.05) is 0 Å². The highest BCUT2D eigenvalue weighted by Gasteiger charge is 1.99. The summed E-state index contributed by atoms with van der Waals surface area (Å²) in [4.78, 5) is 0. The number of benzene rings is 2. The molecule has 0 saturated heterocycles. The maximum atomic E-state index is 5.16. The molecule has 0 radical (unpaired) electrons. The van der Waals surface area contributed by atoms with Crippen LogP contribution in [0.5, 0.6) is 0 Å². The van der Waals surface area contributed by atoms with Gasteiger partial charge in [-0.05, 0) is 36.6 Å². The molecule has 0 aliphatic rings. The summed E-state index contributed by atoms with van der Waals surface area (Å²) < 4.78 is 5.16. The molecule has 0 aliphatic heterocycles. The maximum absolute atomic E-state index is 5.16. The number of methoxy groups -OCH3 is 1. The molecule has 0 atom stereocenters. The topological polar surface area (TPSA) is 21.3 Å². The van der Waals surface area contributed by atoms with Crippen molar-refractivity contribution in [2.45, 2.75) is 27.0 Å². The van der Waals surface area contributed by atoms with E-state index in [2.05, 4.69) is 61.6 Å². The lowest BCUT2D eigenvalue weighted by molar-refractivity contribution is 0.185. The Morgan fingerprint density at radius 2 is 1.79 bits per heavy atom. The predicted molar refractivity (Wildman–Crippen MR) is 80.4 cm³/mol. The minimum atomic E-state index is 0.664. The third kappa shape index (κ3) is 3.83. The minimum Gasteiger partial charge on any atom is -0.381 e. The van der Waals surface area contributed by atoms with Crippen LogP contribution in [-0.4, -0.2) is 7.11 Å². The van der Waals surface area contributed by atoms with E-state index in [-0.39, 0.29) is 0 Å². The van der Waals surface area contributed by atoms with Gasteiger partial charge in [0, 0.05) is 19.3 Å². The van der Waals surface area contributed by atoms with Gasteiger partial charge >= 0.3 is 0 Å². The zero-order valence-electron chi connectivity index (χ0n) is 11.9. The highest BCUT2D eigenvalue weighted by Crippen LogP contribution is 2.17. The lowest BCUT2D eigenvalue weighted by Gasteiger charge is -2.11. The number of rotatable bonds is 5. The van der Waals surface area contributed by atoms with Gasteiger partial charge in [-0.2, -0.15) is 0 Å². The monoisotopic (exact) mass is 255 g/mol. The van der Waals surface area contributed by atoms with E-state index in [1.165, 1.54) is 27.9 Å². The van der Waals surface area contributed by atoms with Gasteiger partial charge in [-0.1, -0.05) is 42.0 Å². The fourth-order valence-corrected chi connectivity index (χ4v) is 2.21. The second-order valence-corrected chi connectivity index (χ2v) is 4.92. The SMILES string of the molecule is COCc1cccc(CNc2ccc(C)cc2C)c1. The average Bonchev–Trinajstić information content (AvgIpc) is 2.38. The van der Waals surface area contributed by atoms with Crippen molar-refractivity contribution in [2.24, 2.45) is 0 Å². The van der Waals surface area contributed by atoms with Crippen molar-refractivity contribution >= 4 is 5.69 Å². The number of hydrogen-bond acceptors (Lipinski definition) is 2. The van der Waals surface area contributed by atoms with E-state index in [0.717, 1.165) is 6.54 Å². The Morgan fingerprint density at radius 3 is 2.53 bits per heavy atom. The van der Waals surface area contributed by atoms with E-state index in [9.17, 15) is 0 Å².